The first-order valence-electron chi connectivity index (χ1n) is 12.3. The molecule has 0 aliphatic carbocycles. The molecule has 12 heteroatoms. The summed E-state index contributed by atoms with van der Waals surface area (Å²) >= 11 is 1.34. The fourth-order valence-electron chi connectivity index (χ4n) is 4.16. The number of nitrogens with zero attached hydrogens (tertiary/aromatic N) is 2. The van der Waals surface area contributed by atoms with Gasteiger partial charge in [0, 0.05) is 25.3 Å². The highest BCUT2D eigenvalue weighted by molar-refractivity contribution is 7.90. The van der Waals surface area contributed by atoms with E-state index >= 15 is 0 Å². The average molecular weight is 582 g/mol. The van der Waals surface area contributed by atoms with Crippen molar-refractivity contribution in [3.8, 4) is 0 Å². The molecule has 3 unspecified atom stereocenters. The summed E-state index contributed by atoms with van der Waals surface area (Å²) in [5, 5.41) is 14.1. The minimum atomic E-state index is -3.98. The molecule has 208 valence electrons. The van der Waals surface area contributed by atoms with E-state index < -0.39 is 43.8 Å². The van der Waals surface area contributed by atoms with Crippen molar-refractivity contribution >= 4 is 47.3 Å². The molecule has 2 N–H and O–H groups in total. The van der Waals surface area contributed by atoms with Crippen LogP contribution in [0.15, 0.2) is 58.9 Å². The number of aliphatic hydroxyl groups is 1. The van der Waals surface area contributed by atoms with Gasteiger partial charge in [0.05, 0.1) is 38.5 Å². The number of rotatable bonds is 13. The molecule has 2 aromatic carbocycles. The molecule has 9 nitrogen and oxygen atoms in total. The first-order valence-corrected chi connectivity index (χ1v) is 16.7. The van der Waals surface area contributed by atoms with Crippen LogP contribution in [0, 0.1) is 11.8 Å². The van der Waals surface area contributed by atoms with E-state index in [-0.39, 0.29) is 36.1 Å². The number of hydrogen-bond acceptors (Lipinski definition) is 8. The zero-order valence-corrected chi connectivity index (χ0v) is 24.4. The van der Waals surface area contributed by atoms with E-state index in [9.17, 15) is 26.7 Å². The summed E-state index contributed by atoms with van der Waals surface area (Å²) in [7, 11) is -7.37. The second-order valence-electron chi connectivity index (χ2n) is 10.1. The molecule has 0 fully saturated rings. The summed E-state index contributed by atoms with van der Waals surface area (Å²) < 4.78 is 52.8. The minimum Gasteiger partial charge on any atom is -0.390 e. The van der Waals surface area contributed by atoms with E-state index in [0.29, 0.717) is 5.52 Å². The molecule has 3 atom stereocenters. The number of nitrogens with one attached hydrogen (secondary N) is 1. The van der Waals surface area contributed by atoms with E-state index in [2.05, 4.69) is 10.3 Å². The van der Waals surface area contributed by atoms with Gasteiger partial charge >= 0.3 is 0 Å². The molecule has 1 amide bonds. The number of benzene rings is 2. The lowest BCUT2D eigenvalue weighted by atomic mass is 10.00. The van der Waals surface area contributed by atoms with Crippen molar-refractivity contribution in [2.45, 2.75) is 44.2 Å². The smallest absolute Gasteiger partial charge is 0.243 e. The van der Waals surface area contributed by atoms with Crippen molar-refractivity contribution in [1.82, 2.24) is 14.6 Å². The van der Waals surface area contributed by atoms with Crippen LogP contribution in [-0.2, 0) is 31.1 Å². The Kier molecular flexibility index (Phi) is 10.0. The van der Waals surface area contributed by atoms with Crippen LogP contribution in [0.1, 0.15) is 26.3 Å². The van der Waals surface area contributed by atoms with Gasteiger partial charge in [-0.15, -0.1) is 11.3 Å². The summed E-state index contributed by atoms with van der Waals surface area (Å²) in [6.45, 7) is 5.19. The van der Waals surface area contributed by atoms with E-state index in [1.54, 1.807) is 17.6 Å². The van der Waals surface area contributed by atoms with Gasteiger partial charge < -0.3 is 10.4 Å². The number of hydrogen-bond donors (Lipinski definition) is 2. The lowest BCUT2D eigenvalue weighted by Gasteiger charge is -2.31. The van der Waals surface area contributed by atoms with Crippen molar-refractivity contribution in [2.75, 3.05) is 25.1 Å². The van der Waals surface area contributed by atoms with Crippen LogP contribution >= 0.6 is 11.3 Å². The molecular weight excluding hydrogens is 547 g/mol. The van der Waals surface area contributed by atoms with Crippen molar-refractivity contribution in [3.63, 3.8) is 0 Å². The lowest BCUT2D eigenvalue weighted by molar-refractivity contribution is -0.125. The molecule has 3 rings (SSSR count). The number of fused-ring (bicyclic) bond motifs is 1. The zero-order chi connectivity index (χ0) is 28.1. The van der Waals surface area contributed by atoms with Crippen LogP contribution in [0.3, 0.4) is 0 Å². The molecule has 0 radical (unpaired) electrons. The van der Waals surface area contributed by atoms with Crippen LogP contribution in [0.4, 0.5) is 0 Å². The number of aromatic nitrogens is 1. The number of carbonyl (C=O) groups is 1. The largest absolute Gasteiger partial charge is 0.390 e. The Bertz CT molecular complexity index is 1440. The quantitative estimate of drug-likeness (QED) is 0.317. The third-order valence-corrected chi connectivity index (χ3v) is 9.72. The first-order chi connectivity index (χ1) is 17.8. The highest BCUT2D eigenvalue weighted by Crippen LogP contribution is 2.25. The molecular formula is C26H35N3O6S3. The maximum absolute atomic E-state index is 13.7. The third kappa shape index (κ3) is 8.31. The van der Waals surface area contributed by atoms with Crippen molar-refractivity contribution < 1.29 is 26.7 Å². The topological polar surface area (TPSA) is 134 Å². The maximum Gasteiger partial charge on any atom is 0.243 e. The Labute approximate surface area is 228 Å². The van der Waals surface area contributed by atoms with Crippen LogP contribution in [0.25, 0.3) is 10.2 Å². The maximum atomic E-state index is 13.7. The predicted octanol–water partition coefficient (Wildman–Crippen LogP) is 2.71. The number of sulfone groups is 1. The van der Waals surface area contributed by atoms with Gasteiger partial charge in [0.25, 0.3) is 0 Å². The van der Waals surface area contributed by atoms with Gasteiger partial charge in [0.15, 0.2) is 0 Å². The van der Waals surface area contributed by atoms with Crippen LogP contribution in [-0.4, -0.2) is 74.4 Å². The second-order valence-corrected chi connectivity index (χ2v) is 15.1. The number of amides is 1. The molecule has 0 aliphatic heterocycles. The standard InChI is InChI=1S/C26H35N3O6S3/c1-18(2)14-29(38(34,35)21-10-11-22-25(13-21)36-17-27-22)15-24(30)23(12-20-8-6-5-7-9-20)28-26(31)19(3)16-37(4,32)33/h5-11,13,17-19,23-24,30H,12,14-16H2,1-4H3,(H,28,31). The highest BCUT2D eigenvalue weighted by Gasteiger charge is 2.32. The summed E-state index contributed by atoms with van der Waals surface area (Å²) in [6, 6.07) is 13.1. The van der Waals surface area contributed by atoms with E-state index in [0.717, 1.165) is 16.5 Å². The van der Waals surface area contributed by atoms with Gasteiger partial charge in [-0.1, -0.05) is 51.1 Å². The Morgan fingerprint density at radius 1 is 1.05 bits per heavy atom. The average Bonchev–Trinajstić information content (AvgIpc) is 3.30. The van der Waals surface area contributed by atoms with E-state index in [1.165, 1.54) is 28.6 Å². The van der Waals surface area contributed by atoms with Gasteiger partial charge in [0.2, 0.25) is 15.9 Å². The molecule has 1 heterocycles. The molecule has 0 spiro atoms. The fourth-order valence-corrected chi connectivity index (χ4v) is 7.66. The molecule has 0 aliphatic rings. The Balaban J connectivity index is 1.88. The third-order valence-electron chi connectivity index (χ3n) is 5.99. The van der Waals surface area contributed by atoms with Crippen LogP contribution < -0.4 is 5.32 Å². The SMILES string of the molecule is CC(C)CN(CC(O)C(Cc1ccccc1)NC(=O)C(C)CS(C)(=O)=O)S(=O)(=O)c1ccc2ncsc2c1. The second kappa shape index (κ2) is 12.6. The summed E-state index contributed by atoms with van der Waals surface area (Å²) in [6.07, 6.45) is 0.0396. The molecule has 1 aromatic heterocycles. The minimum absolute atomic E-state index is 0.0268. The molecule has 38 heavy (non-hydrogen) atoms. The lowest BCUT2D eigenvalue weighted by Crippen LogP contribution is -2.52. The Morgan fingerprint density at radius 3 is 2.37 bits per heavy atom. The molecule has 0 bridgehead atoms. The predicted molar refractivity (Wildman–Crippen MR) is 150 cm³/mol. The Morgan fingerprint density at radius 2 is 1.74 bits per heavy atom. The van der Waals surface area contributed by atoms with E-state index in [1.807, 2.05) is 44.2 Å². The fraction of sp³-hybridized carbons (Fsp3) is 0.462. The summed E-state index contributed by atoms with van der Waals surface area (Å²) in [4.78, 5) is 17.2. The van der Waals surface area contributed by atoms with Crippen LogP contribution in [0.5, 0.6) is 0 Å². The molecule has 3 aromatic rings. The summed E-state index contributed by atoms with van der Waals surface area (Å²) in [5.41, 5.74) is 3.19. The van der Waals surface area contributed by atoms with Crippen molar-refractivity contribution in [3.05, 3.63) is 59.6 Å². The monoisotopic (exact) mass is 581 g/mol. The first kappa shape index (κ1) is 30.2. The number of aliphatic hydroxyl groups excluding tert-OH is 1. The Hall–Kier alpha value is -2.38. The normalized spacial score (nSPS) is 15.0. The zero-order valence-electron chi connectivity index (χ0n) is 21.9. The van der Waals surface area contributed by atoms with Gasteiger partial charge in [-0.05, 0) is 36.1 Å². The molecule has 0 saturated carbocycles. The van der Waals surface area contributed by atoms with Gasteiger partial charge in [0.1, 0.15) is 9.84 Å². The highest BCUT2D eigenvalue weighted by atomic mass is 32.2. The van der Waals surface area contributed by atoms with Crippen molar-refractivity contribution in [2.24, 2.45) is 11.8 Å². The van der Waals surface area contributed by atoms with Gasteiger partial charge in [-0.2, -0.15) is 4.31 Å². The summed E-state index contributed by atoms with van der Waals surface area (Å²) in [5.74, 6) is -1.72. The van der Waals surface area contributed by atoms with Crippen LogP contribution in [0.2, 0.25) is 0 Å². The van der Waals surface area contributed by atoms with Crippen molar-refractivity contribution in [1.29, 1.82) is 0 Å². The van der Waals surface area contributed by atoms with E-state index in [4.69, 9.17) is 0 Å². The van der Waals surface area contributed by atoms with Gasteiger partial charge in [-0.3, -0.25) is 4.79 Å². The number of sulfonamides is 1. The number of thiazole rings is 1. The molecule has 0 saturated heterocycles. The van der Waals surface area contributed by atoms with Gasteiger partial charge in [-0.25, -0.2) is 21.8 Å². The number of carbonyl (C=O) groups excluding carboxylic acids is 1.